The minimum absolute atomic E-state index is 0.0159. The molecule has 0 fully saturated rings. The summed E-state index contributed by atoms with van der Waals surface area (Å²) in [5.41, 5.74) is 7.88. The zero-order valence-electron chi connectivity index (χ0n) is 13.8. The highest BCUT2D eigenvalue weighted by Crippen LogP contribution is 2.22. The molecule has 0 radical (unpaired) electrons. The second kappa shape index (κ2) is 8.15. The number of hydrogen-bond donors (Lipinski definition) is 2. The van der Waals surface area contributed by atoms with E-state index in [-0.39, 0.29) is 11.4 Å². The molecule has 0 aromatic heterocycles. The lowest BCUT2D eigenvalue weighted by molar-refractivity contribution is -0.119. The van der Waals surface area contributed by atoms with E-state index in [0.717, 1.165) is 30.6 Å². The van der Waals surface area contributed by atoms with Crippen molar-refractivity contribution >= 4 is 11.6 Å². The van der Waals surface area contributed by atoms with Gasteiger partial charge in [0.1, 0.15) is 0 Å². The lowest BCUT2D eigenvalue weighted by Crippen LogP contribution is -2.55. The molecule has 0 aliphatic carbocycles. The molecule has 0 bridgehead atoms. The number of carbonyl (C=O) groups is 1. The van der Waals surface area contributed by atoms with Crippen LogP contribution < -0.4 is 11.1 Å². The Labute approximate surface area is 128 Å². The SMILES string of the molecule is CCN(CC(=O)Nc1cccc(C)c1)C(CC)(CC)CN. The molecular weight excluding hydrogens is 262 g/mol. The molecule has 0 unspecified atom stereocenters. The molecule has 0 aliphatic heterocycles. The van der Waals surface area contributed by atoms with E-state index >= 15 is 0 Å². The second-order valence-electron chi connectivity index (χ2n) is 5.57. The number of aryl methyl sites for hydroxylation is 1. The van der Waals surface area contributed by atoms with Crippen molar-refractivity contribution in [2.24, 2.45) is 5.73 Å². The van der Waals surface area contributed by atoms with Gasteiger partial charge in [0.25, 0.3) is 0 Å². The van der Waals surface area contributed by atoms with Gasteiger partial charge >= 0.3 is 0 Å². The third-order valence-electron chi connectivity index (χ3n) is 4.39. The van der Waals surface area contributed by atoms with Gasteiger partial charge in [-0.25, -0.2) is 0 Å². The Morgan fingerprint density at radius 2 is 1.95 bits per heavy atom. The number of hydrogen-bond acceptors (Lipinski definition) is 3. The van der Waals surface area contributed by atoms with Crippen LogP contribution in [0.3, 0.4) is 0 Å². The zero-order chi connectivity index (χ0) is 15.9. The van der Waals surface area contributed by atoms with E-state index in [0.29, 0.717) is 13.1 Å². The lowest BCUT2D eigenvalue weighted by Gasteiger charge is -2.41. The lowest BCUT2D eigenvalue weighted by atomic mass is 9.90. The highest BCUT2D eigenvalue weighted by Gasteiger charge is 2.32. The van der Waals surface area contributed by atoms with Crippen LogP contribution in [0, 0.1) is 6.92 Å². The van der Waals surface area contributed by atoms with E-state index in [9.17, 15) is 4.79 Å². The molecule has 0 atom stereocenters. The maximum atomic E-state index is 12.3. The molecule has 0 saturated heterocycles. The molecule has 1 aromatic rings. The predicted octanol–water partition coefficient (Wildman–Crippen LogP) is 2.77. The van der Waals surface area contributed by atoms with Gasteiger partial charge in [0, 0.05) is 17.8 Å². The quantitative estimate of drug-likeness (QED) is 0.774. The Hall–Kier alpha value is -1.39. The summed E-state index contributed by atoms with van der Waals surface area (Å²) < 4.78 is 0. The molecule has 0 saturated carbocycles. The minimum atomic E-state index is -0.0846. The highest BCUT2D eigenvalue weighted by atomic mass is 16.2. The van der Waals surface area contributed by atoms with Gasteiger partial charge in [0.15, 0.2) is 0 Å². The average molecular weight is 291 g/mol. The summed E-state index contributed by atoms with van der Waals surface area (Å²) in [4.78, 5) is 14.5. The van der Waals surface area contributed by atoms with Gasteiger partial charge in [-0.05, 0) is 44.0 Å². The van der Waals surface area contributed by atoms with Crippen LogP contribution in [0.15, 0.2) is 24.3 Å². The first kappa shape index (κ1) is 17.7. The molecule has 1 rings (SSSR count). The molecular formula is C17H29N3O. The van der Waals surface area contributed by atoms with Gasteiger partial charge in [-0.15, -0.1) is 0 Å². The zero-order valence-corrected chi connectivity index (χ0v) is 13.8. The third kappa shape index (κ3) is 4.55. The van der Waals surface area contributed by atoms with Crippen LogP contribution >= 0.6 is 0 Å². The first-order chi connectivity index (χ1) is 10.0. The van der Waals surface area contributed by atoms with E-state index in [1.54, 1.807) is 0 Å². The van der Waals surface area contributed by atoms with Gasteiger partial charge < -0.3 is 11.1 Å². The molecule has 4 heteroatoms. The van der Waals surface area contributed by atoms with Gasteiger partial charge in [-0.1, -0.05) is 32.9 Å². The monoisotopic (exact) mass is 291 g/mol. The van der Waals surface area contributed by atoms with Crippen molar-refractivity contribution in [3.8, 4) is 0 Å². The van der Waals surface area contributed by atoms with Crippen molar-refractivity contribution in [3.63, 3.8) is 0 Å². The highest BCUT2D eigenvalue weighted by molar-refractivity contribution is 5.92. The van der Waals surface area contributed by atoms with Crippen molar-refractivity contribution in [1.82, 2.24) is 4.90 Å². The number of nitrogens with two attached hydrogens (primary N) is 1. The molecule has 118 valence electrons. The molecule has 0 heterocycles. The van der Waals surface area contributed by atoms with Gasteiger partial charge in [-0.2, -0.15) is 0 Å². The molecule has 0 spiro atoms. The maximum Gasteiger partial charge on any atom is 0.238 e. The van der Waals surface area contributed by atoms with Crippen molar-refractivity contribution in [2.75, 3.05) is 25.0 Å². The Morgan fingerprint density at radius 3 is 2.43 bits per heavy atom. The summed E-state index contributed by atoms with van der Waals surface area (Å²) in [7, 11) is 0. The van der Waals surface area contributed by atoms with E-state index in [4.69, 9.17) is 5.73 Å². The first-order valence-corrected chi connectivity index (χ1v) is 7.83. The first-order valence-electron chi connectivity index (χ1n) is 7.83. The number of likely N-dealkylation sites (N-methyl/N-ethyl adjacent to an activating group) is 1. The predicted molar refractivity (Wildman–Crippen MR) is 89.4 cm³/mol. The second-order valence-corrected chi connectivity index (χ2v) is 5.57. The molecule has 4 nitrogen and oxygen atoms in total. The fraction of sp³-hybridized carbons (Fsp3) is 0.588. The topological polar surface area (TPSA) is 58.4 Å². The smallest absolute Gasteiger partial charge is 0.238 e. The van der Waals surface area contributed by atoms with Crippen LogP contribution in [0.5, 0.6) is 0 Å². The number of nitrogens with one attached hydrogen (secondary N) is 1. The average Bonchev–Trinajstić information content (AvgIpc) is 2.48. The number of benzene rings is 1. The number of rotatable bonds is 8. The Morgan fingerprint density at radius 1 is 1.29 bits per heavy atom. The fourth-order valence-corrected chi connectivity index (χ4v) is 2.83. The van der Waals surface area contributed by atoms with Gasteiger partial charge in [-0.3, -0.25) is 9.69 Å². The molecule has 1 aromatic carbocycles. The van der Waals surface area contributed by atoms with Gasteiger partial charge in [0.05, 0.1) is 6.54 Å². The van der Waals surface area contributed by atoms with Crippen LogP contribution in [0.2, 0.25) is 0 Å². The summed E-state index contributed by atoms with van der Waals surface area (Å²) in [6.45, 7) is 10.1. The van der Waals surface area contributed by atoms with Gasteiger partial charge in [0.2, 0.25) is 5.91 Å². The van der Waals surface area contributed by atoms with Crippen molar-refractivity contribution < 1.29 is 4.79 Å². The number of anilines is 1. The van der Waals surface area contributed by atoms with E-state index in [1.807, 2.05) is 31.2 Å². The third-order valence-corrected chi connectivity index (χ3v) is 4.39. The summed E-state index contributed by atoms with van der Waals surface area (Å²) in [5, 5.41) is 2.97. The Kier molecular flexibility index (Phi) is 6.85. The Bertz CT molecular complexity index is 447. The summed E-state index contributed by atoms with van der Waals surface area (Å²) in [5.74, 6) is 0.0159. The van der Waals surface area contributed by atoms with Crippen LogP contribution in [0.1, 0.15) is 39.2 Å². The van der Waals surface area contributed by atoms with Crippen LogP contribution in [-0.4, -0.2) is 36.0 Å². The number of carbonyl (C=O) groups excluding carboxylic acids is 1. The fourth-order valence-electron chi connectivity index (χ4n) is 2.83. The molecule has 21 heavy (non-hydrogen) atoms. The largest absolute Gasteiger partial charge is 0.329 e. The number of amides is 1. The van der Waals surface area contributed by atoms with Crippen molar-refractivity contribution in [2.45, 2.75) is 46.1 Å². The van der Waals surface area contributed by atoms with Crippen LogP contribution in [0.4, 0.5) is 5.69 Å². The standard InChI is InChI=1S/C17H29N3O/c1-5-17(6-2,13-18)20(7-3)12-16(21)19-15-10-8-9-14(4)11-15/h8-11H,5-7,12-13,18H2,1-4H3,(H,19,21). The molecule has 3 N–H and O–H groups in total. The number of nitrogens with zero attached hydrogens (tertiary/aromatic N) is 1. The normalized spacial score (nSPS) is 11.7. The van der Waals surface area contributed by atoms with Crippen molar-refractivity contribution in [3.05, 3.63) is 29.8 Å². The van der Waals surface area contributed by atoms with Crippen LogP contribution in [0.25, 0.3) is 0 Å². The van der Waals surface area contributed by atoms with E-state index < -0.39 is 0 Å². The minimum Gasteiger partial charge on any atom is -0.329 e. The van der Waals surface area contributed by atoms with E-state index in [1.165, 1.54) is 0 Å². The molecule has 0 aliphatic rings. The summed E-state index contributed by atoms with van der Waals surface area (Å²) in [6.07, 6.45) is 1.90. The van der Waals surface area contributed by atoms with Crippen LogP contribution in [-0.2, 0) is 4.79 Å². The Balaban J connectivity index is 2.74. The summed E-state index contributed by atoms with van der Waals surface area (Å²) in [6, 6.07) is 7.85. The van der Waals surface area contributed by atoms with E-state index in [2.05, 4.69) is 31.0 Å². The maximum absolute atomic E-state index is 12.3. The summed E-state index contributed by atoms with van der Waals surface area (Å²) >= 11 is 0. The van der Waals surface area contributed by atoms with Crippen molar-refractivity contribution in [1.29, 1.82) is 0 Å². The molecule has 1 amide bonds.